The summed E-state index contributed by atoms with van der Waals surface area (Å²) in [6.45, 7) is 5.73. The summed E-state index contributed by atoms with van der Waals surface area (Å²) in [5.41, 5.74) is 0.445. The van der Waals surface area contributed by atoms with E-state index in [-0.39, 0.29) is 5.92 Å². The average molecular weight is 244 g/mol. The highest BCUT2D eigenvalue weighted by Gasteiger charge is 2.23. The maximum Gasteiger partial charge on any atom is 0.119 e. The van der Waals surface area contributed by atoms with Gasteiger partial charge in [-0.1, -0.05) is 31.2 Å². The van der Waals surface area contributed by atoms with Gasteiger partial charge >= 0.3 is 0 Å². The van der Waals surface area contributed by atoms with E-state index >= 15 is 0 Å². The summed E-state index contributed by atoms with van der Waals surface area (Å²) in [7, 11) is 1.67. The molecule has 2 aromatic rings. The Morgan fingerprint density at radius 1 is 1.06 bits per heavy atom. The molecular formula is C16H20O2. The molecular weight excluding hydrogens is 224 g/mol. The number of benzene rings is 2. The van der Waals surface area contributed by atoms with E-state index in [1.807, 2.05) is 32.9 Å². The summed E-state index contributed by atoms with van der Waals surface area (Å²) < 4.78 is 5.21. The number of fused-ring (bicyclic) bond motifs is 1. The summed E-state index contributed by atoms with van der Waals surface area (Å²) in [4.78, 5) is 0. The van der Waals surface area contributed by atoms with Gasteiger partial charge in [0.25, 0.3) is 0 Å². The summed E-state index contributed by atoms with van der Waals surface area (Å²) >= 11 is 0. The minimum atomic E-state index is -0.708. The van der Waals surface area contributed by atoms with Crippen LogP contribution in [0.1, 0.15) is 32.3 Å². The molecule has 0 heterocycles. The van der Waals surface area contributed by atoms with Crippen molar-refractivity contribution in [2.75, 3.05) is 7.11 Å². The van der Waals surface area contributed by atoms with E-state index in [1.165, 1.54) is 5.39 Å². The fourth-order valence-electron chi connectivity index (χ4n) is 2.05. The molecule has 0 saturated carbocycles. The molecule has 96 valence electrons. The second-order valence-electron chi connectivity index (χ2n) is 5.35. The average Bonchev–Trinajstić information content (AvgIpc) is 2.35. The number of ether oxygens (including phenoxy) is 1. The van der Waals surface area contributed by atoms with Gasteiger partial charge in [0.1, 0.15) is 5.75 Å². The Kier molecular flexibility index (Phi) is 3.31. The number of methoxy groups -OCH3 is 1. The van der Waals surface area contributed by atoms with Crippen LogP contribution in [0.25, 0.3) is 10.8 Å². The van der Waals surface area contributed by atoms with E-state index in [9.17, 15) is 5.11 Å². The first-order valence-electron chi connectivity index (χ1n) is 6.22. The lowest BCUT2D eigenvalue weighted by molar-refractivity contribution is 0.0559. The highest BCUT2D eigenvalue weighted by molar-refractivity contribution is 5.84. The van der Waals surface area contributed by atoms with Crippen LogP contribution in [0.2, 0.25) is 0 Å². The predicted molar refractivity (Wildman–Crippen MR) is 75.2 cm³/mol. The van der Waals surface area contributed by atoms with Gasteiger partial charge in [0, 0.05) is 5.92 Å². The highest BCUT2D eigenvalue weighted by atomic mass is 16.5. The van der Waals surface area contributed by atoms with Gasteiger partial charge in [-0.15, -0.1) is 0 Å². The van der Waals surface area contributed by atoms with Crippen molar-refractivity contribution in [2.24, 2.45) is 0 Å². The first-order valence-corrected chi connectivity index (χ1v) is 6.22. The minimum Gasteiger partial charge on any atom is -0.497 e. The Balaban J connectivity index is 2.45. The van der Waals surface area contributed by atoms with Crippen LogP contribution in [0, 0.1) is 0 Å². The zero-order valence-electron chi connectivity index (χ0n) is 11.4. The number of aliphatic hydroxyl groups is 1. The second-order valence-corrected chi connectivity index (χ2v) is 5.35. The monoisotopic (exact) mass is 244 g/mol. The molecule has 2 rings (SSSR count). The molecule has 2 aromatic carbocycles. The van der Waals surface area contributed by atoms with Gasteiger partial charge in [-0.2, -0.15) is 0 Å². The molecule has 0 bridgehead atoms. The van der Waals surface area contributed by atoms with E-state index in [0.29, 0.717) is 0 Å². The lowest BCUT2D eigenvalue weighted by Gasteiger charge is -2.26. The van der Waals surface area contributed by atoms with Crippen LogP contribution in [0.4, 0.5) is 0 Å². The molecule has 0 amide bonds. The van der Waals surface area contributed by atoms with Gasteiger partial charge in [0.15, 0.2) is 0 Å². The Morgan fingerprint density at radius 2 is 1.67 bits per heavy atom. The number of hydrogen-bond acceptors (Lipinski definition) is 2. The molecule has 0 spiro atoms. The summed E-state index contributed by atoms with van der Waals surface area (Å²) in [5.74, 6) is 0.967. The fourth-order valence-corrected chi connectivity index (χ4v) is 2.05. The third-order valence-electron chi connectivity index (χ3n) is 3.63. The van der Waals surface area contributed by atoms with E-state index in [0.717, 1.165) is 16.7 Å². The minimum absolute atomic E-state index is 0.101. The third kappa shape index (κ3) is 2.49. The van der Waals surface area contributed by atoms with Crippen molar-refractivity contribution in [1.82, 2.24) is 0 Å². The summed E-state index contributed by atoms with van der Waals surface area (Å²) in [6.07, 6.45) is 0. The van der Waals surface area contributed by atoms with Gasteiger partial charge in [-0.3, -0.25) is 0 Å². The molecule has 0 saturated heterocycles. The van der Waals surface area contributed by atoms with Crippen molar-refractivity contribution in [2.45, 2.75) is 32.3 Å². The maximum atomic E-state index is 10.1. The first-order chi connectivity index (χ1) is 8.41. The number of hydrogen-bond donors (Lipinski definition) is 1. The normalized spacial score (nSPS) is 13.6. The molecule has 0 aliphatic heterocycles. The highest BCUT2D eigenvalue weighted by Crippen LogP contribution is 2.30. The summed E-state index contributed by atoms with van der Waals surface area (Å²) in [5, 5.41) is 12.4. The molecule has 2 heteroatoms. The van der Waals surface area contributed by atoms with Crippen LogP contribution in [-0.2, 0) is 0 Å². The van der Waals surface area contributed by atoms with Crippen LogP contribution < -0.4 is 4.74 Å². The first kappa shape index (κ1) is 12.9. The Hall–Kier alpha value is -1.54. The predicted octanol–water partition coefficient (Wildman–Crippen LogP) is 3.72. The maximum absolute atomic E-state index is 10.1. The van der Waals surface area contributed by atoms with Gasteiger partial charge < -0.3 is 9.84 Å². The quantitative estimate of drug-likeness (QED) is 0.891. The molecule has 18 heavy (non-hydrogen) atoms. The molecule has 1 N–H and O–H groups in total. The zero-order chi connectivity index (χ0) is 13.3. The van der Waals surface area contributed by atoms with Crippen LogP contribution in [-0.4, -0.2) is 17.8 Å². The van der Waals surface area contributed by atoms with E-state index in [1.54, 1.807) is 7.11 Å². The topological polar surface area (TPSA) is 29.5 Å². The van der Waals surface area contributed by atoms with E-state index < -0.39 is 5.60 Å². The van der Waals surface area contributed by atoms with Gasteiger partial charge in [0.05, 0.1) is 12.7 Å². The van der Waals surface area contributed by atoms with Gasteiger partial charge in [-0.05, 0) is 42.3 Å². The Morgan fingerprint density at radius 3 is 2.28 bits per heavy atom. The SMILES string of the molecule is COc1ccc2cc([C@H](C)C(C)(C)O)ccc2c1. The van der Waals surface area contributed by atoms with Crippen molar-refractivity contribution in [1.29, 1.82) is 0 Å². The standard InChI is InChI=1S/C16H20O2/c1-11(16(2,3)17)12-5-6-14-10-15(18-4)8-7-13(14)9-12/h5-11,17H,1-4H3/t11-/m0/s1. The van der Waals surface area contributed by atoms with Crippen LogP contribution in [0.15, 0.2) is 36.4 Å². The van der Waals surface area contributed by atoms with Crippen molar-refractivity contribution >= 4 is 10.8 Å². The zero-order valence-corrected chi connectivity index (χ0v) is 11.4. The molecule has 0 aromatic heterocycles. The van der Waals surface area contributed by atoms with Gasteiger partial charge in [-0.25, -0.2) is 0 Å². The van der Waals surface area contributed by atoms with Gasteiger partial charge in [0.2, 0.25) is 0 Å². The Bertz CT molecular complexity index is 553. The van der Waals surface area contributed by atoms with Crippen molar-refractivity contribution in [3.8, 4) is 5.75 Å². The van der Waals surface area contributed by atoms with E-state index in [2.05, 4.69) is 24.3 Å². The van der Waals surface area contributed by atoms with Crippen LogP contribution in [0.5, 0.6) is 5.75 Å². The molecule has 0 aliphatic carbocycles. The lowest BCUT2D eigenvalue weighted by Crippen LogP contribution is -2.26. The van der Waals surface area contributed by atoms with E-state index in [4.69, 9.17) is 4.74 Å². The Labute approximate surface area is 108 Å². The molecule has 0 radical (unpaired) electrons. The lowest BCUT2D eigenvalue weighted by atomic mass is 9.85. The molecule has 0 aliphatic rings. The third-order valence-corrected chi connectivity index (χ3v) is 3.63. The van der Waals surface area contributed by atoms with Crippen LogP contribution in [0.3, 0.4) is 0 Å². The van der Waals surface area contributed by atoms with Crippen LogP contribution >= 0.6 is 0 Å². The molecule has 1 atom stereocenters. The number of rotatable bonds is 3. The van der Waals surface area contributed by atoms with Crippen molar-refractivity contribution in [3.63, 3.8) is 0 Å². The van der Waals surface area contributed by atoms with Crippen molar-refractivity contribution in [3.05, 3.63) is 42.0 Å². The molecule has 2 nitrogen and oxygen atoms in total. The molecule has 0 fully saturated rings. The molecule has 0 unspecified atom stereocenters. The fraction of sp³-hybridized carbons (Fsp3) is 0.375. The van der Waals surface area contributed by atoms with Crippen molar-refractivity contribution < 1.29 is 9.84 Å². The largest absolute Gasteiger partial charge is 0.497 e. The second kappa shape index (κ2) is 4.62. The summed E-state index contributed by atoms with van der Waals surface area (Å²) in [6, 6.07) is 12.3. The smallest absolute Gasteiger partial charge is 0.119 e.